The van der Waals surface area contributed by atoms with Crippen LogP contribution in [0.25, 0.3) is 0 Å². The minimum atomic E-state index is -1.22. The fraction of sp³-hybridized carbons (Fsp3) is 1.00. The van der Waals surface area contributed by atoms with E-state index in [1.807, 2.05) is 0 Å². The summed E-state index contributed by atoms with van der Waals surface area (Å²) < 4.78 is 4.87. The third-order valence-electron chi connectivity index (χ3n) is 3.91. The molecule has 0 N–H and O–H groups in total. The van der Waals surface area contributed by atoms with Crippen LogP contribution in [0.15, 0.2) is 0 Å². The summed E-state index contributed by atoms with van der Waals surface area (Å²) in [6.45, 7) is 19.3. The Morgan fingerprint density at radius 3 is 1.74 bits per heavy atom. The standard InChI is InChI=1S/C9H20N.2C4H9.In/c1-5-7-10(8-6-2)9(3)4;2*1-4(2)3;/h9H,1,5-8H2,2-4H3;2*4H,1H2,2-3H3;. The van der Waals surface area contributed by atoms with E-state index >= 15 is 0 Å². The van der Waals surface area contributed by atoms with E-state index in [4.69, 9.17) is 0 Å². The average molecular weight is 371 g/mol. The third-order valence-corrected chi connectivity index (χ3v) is 16.6. The van der Waals surface area contributed by atoms with Gasteiger partial charge in [0.15, 0.2) is 0 Å². The molecule has 0 rings (SSSR count). The van der Waals surface area contributed by atoms with E-state index in [0.717, 1.165) is 17.9 Å². The predicted octanol–water partition coefficient (Wildman–Crippen LogP) is 5.30. The average Bonchev–Trinajstić information content (AvgIpc) is 2.25. The van der Waals surface area contributed by atoms with Gasteiger partial charge in [0.05, 0.1) is 0 Å². The quantitative estimate of drug-likeness (QED) is 0.476. The first kappa shape index (κ1) is 19.8. The number of rotatable bonds is 11. The van der Waals surface area contributed by atoms with Crippen LogP contribution in [0, 0.1) is 11.8 Å². The van der Waals surface area contributed by atoms with Gasteiger partial charge in [0, 0.05) is 0 Å². The van der Waals surface area contributed by atoms with Crippen LogP contribution in [0.4, 0.5) is 0 Å². The van der Waals surface area contributed by atoms with Crippen LogP contribution in [0.5, 0.6) is 0 Å². The van der Waals surface area contributed by atoms with Crippen molar-refractivity contribution in [1.82, 2.24) is 4.90 Å². The summed E-state index contributed by atoms with van der Waals surface area (Å²) >= 11 is -1.22. The molecule has 0 aromatic heterocycles. The van der Waals surface area contributed by atoms with Gasteiger partial charge >= 0.3 is 131 Å². The Labute approximate surface area is 131 Å². The molecule has 1 nitrogen and oxygen atoms in total. The first-order valence-corrected chi connectivity index (χ1v) is 15.6. The Morgan fingerprint density at radius 2 is 1.37 bits per heavy atom. The number of hydrogen-bond acceptors (Lipinski definition) is 1. The van der Waals surface area contributed by atoms with E-state index < -0.39 is 21.4 Å². The summed E-state index contributed by atoms with van der Waals surface area (Å²) in [4.78, 5) is 2.67. The molecule has 19 heavy (non-hydrogen) atoms. The molecule has 0 aromatic rings. The van der Waals surface area contributed by atoms with Gasteiger partial charge in [0.1, 0.15) is 0 Å². The van der Waals surface area contributed by atoms with Crippen molar-refractivity contribution in [3.05, 3.63) is 0 Å². The number of hydrogen-bond donors (Lipinski definition) is 0. The third kappa shape index (κ3) is 11.2. The molecule has 0 aliphatic heterocycles. The van der Waals surface area contributed by atoms with Crippen molar-refractivity contribution in [3.63, 3.8) is 0 Å². The van der Waals surface area contributed by atoms with Gasteiger partial charge in [-0.25, -0.2) is 0 Å². The molecular formula is C17H38InN. The number of nitrogens with zero attached hydrogens (tertiary/aromatic N) is 1. The maximum atomic E-state index is 2.67. The summed E-state index contributed by atoms with van der Waals surface area (Å²) in [5.41, 5.74) is 0. The summed E-state index contributed by atoms with van der Waals surface area (Å²) in [7, 11) is 0. The van der Waals surface area contributed by atoms with Crippen LogP contribution >= 0.6 is 0 Å². The SMILES string of the molecule is CCCN(CC[CH2][In]([CH2]C(C)C)[CH2]C(C)C)C(C)C. The molecule has 0 fully saturated rings. The van der Waals surface area contributed by atoms with Gasteiger partial charge in [0.2, 0.25) is 0 Å². The molecule has 0 heterocycles. The van der Waals surface area contributed by atoms with Crippen molar-refractivity contribution in [2.24, 2.45) is 11.8 Å². The molecule has 2 heteroatoms. The molecule has 0 aliphatic rings. The van der Waals surface area contributed by atoms with E-state index in [2.05, 4.69) is 53.4 Å². The van der Waals surface area contributed by atoms with Crippen molar-refractivity contribution in [2.45, 2.75) is 79.9 Å². The molecule has 0 amide bonds. The Hall–Kier alpha value is 0.830. The van der Waals surface area contributed by atoms with E-state index in [1.165, 1.54) is 25.9 Å². The normalized spacial score (nSPS) is 12.2. The summed E-state index contributed by atoms with van der Waals surface area (Å²) in [6, 6.07) is 0.726. The molecule has 0 aliphatic carbocycles. The maximum absolute atomic E-state index is 2.67. The molecular weight excluding hydrogens is 333 g/mol. The van der Waals surface area contributed by atoms with Crippen molar-refractivity contribution in [1.29, 1.82) is 0 Å². The molecule has 0 bridgehead atoms. The molecule has 0 spiro atoms. The second-order valence-corrected chi connectivity index (χ2v) is 16.7. The van der Waals surface area contributed by atoms with Crippen LogP contribution < -0.4 is 0 Å². The molecule has 0 unspecified atom stereocenters. The van der Waals surface area contributed by atoms with Crippen molar-refractivity contribution < 1.29 is 0 Å². The second-order valence-electron chi connectivity index (χ2n) is 7.40. The van der Waals surface area contributed by atoms with Crippen molar-refractivity contribution in [3.8, 4) is 0 Å². The Kier molecular flexibility index (Phi) is 12.0. The van der Waals surface area contributed by atoms with Gasteiger partial charge in [-0.15, -0.1) is 0 Å². The zero-order valence-corrected chi connectivity index (χ0v) is 18.0. The fourth-order valence-electron chi connectivity index (χ4n) is 3.16. The van der Waals surface area contributed by atoms with E-state index in [9.17, 15) is 0 Å². The first-order chi connectivity index (χ1) is 8.86. The van der Waals surface area contributed by atoms with Gasteiger partial charge in [-0.3, -0.25) is 0 Å². The molecule has 0 atom stereocenters. The topological polar surface area (TPSA) is 3.24 Å². The monoisotopic (exact) mass is 371 g/mol. The van der Waals surface area contributed by atoms with Gasteiger partial charge in [-0.1, -0.05) is 0 Å². The van der Waals surface area contributed by atoms with Crippen LogP contribution in [-0.2, 0) is 0 Å². The summed E-state index contributed by atoms with van der Waals surface area (Å²) in [5, 5.41) is 0. The Morgan fingerprint density at radius 1 is 0.842 bits per heavy atom. The van der Waals surface area contributed by atoms with Crippen LogP contribution in [0.1, 0.15) is 61.3 Å². The van der Waals surface area contributed by atoms with E-state index in [1.54, 1.807) is 12.5 Å². The van der Waals surface area contributed by atoms with E-state index in [0.29, 0.717) is 0 Å². The van der Waals surface area contributed by atoms with Crippen LogP contribution in [-0.4, -0.2) is 45.5 Å². The van der Waals surface area contributed by atoms with Gasteiger partial charge in [-0.2, -0.15) is 0 Å². The van der Waals surface area contributed by atoms with Crippen molar-refractivity contribution in [2.75, 3.05) is 13.1 Å². The van der Waals surface area contributed by atoms with Gasteiger partial charge in [0.25, 0.3) is 0 Å². The van der Waals surface area contributed by atoms with Gasteiger partial charge < -0.3 is 0 Å². The first-order valence-electron chi connectivity index (χ1n) is 8.60. The minimum absolute atomic E-state index is 0.726. The Balaban J connectivity index is 4.07. The molecule has 0 aromatic carbocycles. The van der Waals surface area contributed by atoms with Crippen LogP contribution in [0.3, 0.4) is 0 Å². The second kappa shape index (κ2) is 11.5. The van der Waals surface area contributed by atoms with E-state index in [-0.39, 0.29) is 0 Å². The molecule has 114 valence electrons. The Bertz CT molecular complexity index is 191. The molecule has 0 saturated heterocycles. The zero-order valence-electron chi connectivity index (χ0n) is 14.7. The zero-order chi connectivity index (χ0) is 14.8. The van der Waals surface area contributed by atoms with Gasteiger partial charge in [-0.05, 0) is 0 Å². The predicted molar refractivity (Wildman–Crippen MR) is 91.5 cm³/mol. The summed E-state index contributed by atoms with van der Waals surface area (Å²) in [5.74, 6) is 1.88. The van der Waals surface area contributed by atoms with Crippen molar-refractivity contribution >= 4 is 21.4 Å². The molecule has 0 saturated carbocycles. The molecule has 0 radical (unpaired) electrons. The fourth-order valence-corrected chi connectivity index (χ4v) is 14.8. The summed E-state index contributed by atoms with van der Waals surface area (Å²) in [6.07, 6.45) is 2.77. The van der Waals surface area contributed by atoms with Crippen LogP contribution in [0.2, 0.25) is 12.5 Å².